The van der Waals surface area contributed by atoms with E-state index in [0.29, 0.717) is 6.42 Å². The second kappa shape index (κ2) is 5.95. The van der Waals surface area contributed by atoms with E-state index in [-0.39, 0.29) is 11.8 Å². The smallest absolute Gasteiger partial charge is 0.147 e. The van der Waals surface area contributed by atoms with Crippen LogP contribution in [0.15, 0.2) is 22.7 Å². The Kier molecular flexibility index (Phi) is 5.12. The highest BCUT2D eigenvalue weighted by atomic mass is 79.9. The van der Waals surface area contributed by atoms with E-state index in [2.05, 4.69) is 21.4 Å². The van der Waals surface area contributed by atoms with E-state index in [0.717, 1.165) is 15.6 Å². The molecular weight excluding hydrogens is 304 g/mol. The third-order valence-corrected chi connectivity index (χ3v) is 3.88. The molecular formula is C11H17BrN2O2S. The fraction of sp³-hybridized carbons (Fsp3) is 0.455. The quantitative estimate of drug-likeness (QED) is 0.639. The molecule has 0 aromatic heterocycles. The van der Waals surface area contributed by atoms with Gasteiger partial charge in [0.15, 0.2) is 0 Å². The van der Waals surface area contributed by atoms with Crippen molar-refractivity contribution in [3.05, 3.63) is 33.8 Å². The second-order valence-corrected chi connectivity index (χ2v) is 7.38. The number of aryl methyl sites for hydroxylation is 1. The summed E-state index contributed by atoms with van der Waals surface area (Å²) in [6, 6.07) is 5.78. The van der Waals surface area contributed by atoms with Crippen molar-refractivity contribution in [2.24, 2.45) is 5.84 Å². The number of nitrogens with two attached hydrogens (primary N) is 1. The molecule has 1 aromatic carbocycles. The summed E-state index contributed by atoms with van der Waals surface area (Å²) in [5.74, 6) is 5.59. The van der Waals surface area contributed by atoms with Gasteiger partial charge in [0.25, 0.3) is 0 Å². The number of halogens is 1. The summed E-state index contributed by atoms with van der Waals surface area (Å²) in [5, 5.41) is 0. The molecule has 0 aliphatic heterocycles. The topological polar surface area (TPSA) is 72.2 Å². The Hall–Kier alpha value is -0.430. The lowest BCUT2D eigenvalue weighted by molar-refractivity contribution is 0.531. The summed E-state index contributed by atoms with van der Waals surface area (Å²) in [7, 11) is -2.96. The van der Waals surface area contributed by atoms with Crippen LogP contribution in [-0.2, 0) is 9.84 Å². The molecule has 0 amide bonds. The molecule has 0 spiro atoms. The summed E-state index contributed by atoms with van der Waals surface area (Å²) in [5.41, 5.74) is 4.75. The molecule has 0 aliphatic carbocycles. The minimum atomic E-state index is -2.96. The average Bonchev–Trinajstić information content (AvgIpc) is 2.15. The van der Waals surface area contributed by atoms with Crippen molar-refractivity contribution < 1.29 is 8.42 Å². The molecule has 0 radical (unpaired) electrons. The van der Waals surface area contributed by atoms with Crippen molar-refractivity contribution in [3.8, 4) is 0 Å². The number of benzene rings is 1. The lowest BCUT2D eigenvalue weighted by atomic mass is 10.0. The highest BCUT2D eigenvalue weighted by molar-refractivity contribution is 9.10. The first kappa shape index (κ1) is 14.6. The number of rotatable bonds is 5. The lowest BCUT2D eigenvalue weighted by Crippen LogP contribution is -2.29. The first-order valence-electron chi connectivity index (χ1n) is 5.23. The van der Waals surface area contributed by atoms with Gasteiger partial charge in [-0.15, -0.1) is 0 Å². The summed E-state index contributed by atoms with van der Waals surface area (Å²) >= 11 is 3.41. The van der Waals surface area contributed by atoms with E-state index in [1.807, 2.05) is 25.1 Å². The predicted octanol–water partition coefficient (Wildman–Crippen LogP) is 1.70. The van der Waals surface area contributed by atoms with E-state index < -0.39 is 9.84 Å². The molecule has 96 valence electrons. The van der Waals surface area contributed by atoms with Gasteiger partial charge in [0.2, 0.25) is 0 Å². The van der Waals surface area contributed by atoms with Gasteiger partial charge >= 0.3 is 0 Å². The molecule has 0 saturated heterocycles. The first-order chi connectivity index (χ1) is 7.81. The van der Waals surface area contributed by atoms with Crippen LogP contribution in [0.4, 0.5) is 0 Å². The average molecular weight is 321 g/mol. The zero-order chi connectivity index (χ0) is 13.1. The van der Waals surface area contributed by atoms with Crippen LogP contribution in [0.3, 0.4) is 0 Å². The Balaban J connectivity index is 2.86. The van der Waals surface area contributed by atoms with Crippen LogP contribution in [0.2, 0.25) is 0 Å². The van der Waals surface area contributed by atoms with Crippen LogP contribution in [0.1, 0.15) is 23.6 Å². The zero-order valence-corrected chi connectivity index (χ0v) is 12.3. The molecule has 0 fully saturated rings. The minimum absolute atomic E-state index is 0.118. The van der Waals surface area contributed by atoms with Gasteiger partial charge in [0, 0.05) is 16.8 Å². The third kappa shape index (κ3) is 5.16. The van der Waals surface area contributed by atoms with Gasteiger partial charge in [-0.3, -0.25) is 11.3 Å². The molecule has 17 heavy (non-hydrogen) atoms. The van der Waals surface area contributed by atoms with Crippen molar-refractivity contribution >= 4 is 25.8 Å². The number of hydrogen-bond donors (Lipinski definition) is 2. The van der Waals surface area contributed by atoms with E-state index in [1.54, 1.807) is 0 Å². The second-order valence-electron chi connectivity index (χ2n) is 4.20. The Morgan fingerprint density at radius 1 is 1.41 bits per heavy atom. The van der Waals surface area contributed by atoms with Crippen molar-refractivity contribution in [1.82, 2.24) is 5.43 Å². The molecule has 0 saturated carbocycles. The summed E-state index contributed by atoms with van der Waals surface area (Å²) < 4.78 is 23.2. The molecule has 0 aliphatic rings. The maximum Gasteiger partial charge on any atom is 0.147 e. The normalized spacial score (nSPS) is 13.6. The van der Waals surface area contributed by atoms with E-state index >= 15 is 0 Å². The molecule has 0 heterocycles. The molecule has 1 rings (SSSR count). The molecule has 6 heteroatoms. The van der Waals surface area contributed by atoms with Crippen LogP contribution in [-0.4, -0.2) is 20.4 Å². The van der Waals surface area contributed by atoms with Crippen LogP contribution in [0.5, 0.6) is 0 Å². The molecule has 4 nitrogen and oxygen atoms in total. The highest BCUT2D eigenvalue weighted by Crippen LogP contribution is 2.22. The number of hydrogen-bond acceptors (Lipinski definition) is 4. The van der Waals surface area contributed by atoms with Crippen molar-refractivity contribution in [1.29, 1.82) is 0 Å². The van der Waals surface area contributed by atoms with Gasteiger partial charge in [-0.2, -0.15) is 0 Å². The third-order valence-electron chi connectivity index (χ3n) is 2.45. The van der Waals surface area contributed by atoms with Crippen LogP contribution < -0.4 is 11.3 Å². The molecule has 1 atom stereocenters. The van der Waals surface area contributed by atoms with Crippen LogP contribution in [0, 0.1) is 6.92 Å². The van der Waals surface area contributed by atoms with Gasteiger partial charge in [0.1, 0.15) is 9.84 Å². The maximum atomic E-state index is 11.1. The van der Waals surface area contributed by atoms with Crippen LogP contribution in [0.25, 0.3) is 0 Å². The Bertz CT molecular complexity index is 468. The Labute approximate surface area is 111 Å². The van der Waals surface area contributed by atoms with Gasteiger partial charge in [-0.25, -0.2) is 8.42 Å². The van der Waals surface area contributed by atoms with E-state index in [9.17, 15) is 8.42 Å². The summed E-state index contributed by atoms with van der Waals surface area (Å²) in [4.78, 5) is 0. The van der Waals surface area contributed by atoms with Gasteiger partial charge in [-0.05, 0) is 36.6 Å². The molecule has 1 aromatic rings. The maximum absolute atomic E-state index is 11.1. The molecule has 0 bridgehead atoms. The predicted molar refractivity (Wildman–Crippen MR) is 73.3 cm³/mol. The summed E-state index contributed by atoms with van der Waals surface area (Å²) in [6.45, 7) is 1.98. The largest absolute Gasteiger partial charge is 0.271 e. The van der Waals surface area contributed by atoms with Crippen molar-refractivity contribution in [2.75, 3.05) is 12.0 Å². The number of nitrogens with one attached hydrogen (secondary N) is 1. The minimum Gasteiger partial charge on any atom is -0.271 e. The van der Waals surface area contributed by atoms with E-state index in [1.165, 1.54) is 6.26 Å². The Morgan fingerprint density at radius 3 is 2.53 bits per heavy atom. The fourth-order valence-electron chi connectivity index (χ4n) is 1.64. The standard InChI is InChI=1S/C11H17BrN2O2S/c1-8-5-9(7-10(12)6-8)11(14-13)3-4-17(2,15)16/h5-7,11,14H,3-4,13H2,1-2H3. The lowest BCUT2D eigenvalue weighted by Gasteiger charge is -2.16. The van der Waals surface area contributed by atoms with Gasteiger partial charge in [0.05, 0.1) is 5.75 Å². The molecule has 1 unspecified atom stereocenters. The molecule has 3 N–H and O–H groups in total. The fourth-order valence-corrected chi connectivity index (χ4v) is 2.93. The SMILES string of the molecule is Cc1cc(Br)cc(C(CCS(C)(=O)=O)NN)c1. The number of hydrazine groups is 1. The zero-order valence-electron chi connectivity index (χ0n) is 9.90. The highest BCUT2D eigenvalue weighted by Gasteiger charge is 2.13. The summed E-state index contributed by atoms with van der Waals surface area (Å²) in [6.07, 6.45) is 1.69. The van der Waals surface area contributed by atoms with Crippen molar-refractivity contribution in [3.63, 3.8) is 0 Å². The number of sulfone groups is 1. The van der Waals surface area contributed by atoms with Crippen LogP contribution >= 0.6 is 15.9 Å². The van der Waals surface area contributed by atoms with Gasteiger partial charge < -0.3 is 0 Å². The van der Waals surface area contributed by atoms with E-state index in [4.69, 9.17) is 5.84 Å². The van der Waals surface area contributed by atoms with Crippen molar-refractivity contribution in [2.45, 2.75) is 19.4 Å². The first-order valence-corrected chi connectivity index (χ1v) is 8.08. The Morgan fingerprint density at radius 2 is 2.06 bits per heavy atom. The monoisotopic (exact) mass is 320 g/mol. The van der Waals surface area contributed by atoms with Gasteiger partial charge in [-0.1, -0.05) is 22.0 Å².